The number of carbonyl (C=O) groups excluding carboxylic acids is 1. The van der Waals surface area contributed by atoms with E-state index < -0.39 is 23.2 Å². The molecule has 0 saturated carbocycles. The number of hydrogen-bond acceptors (Lipinski definition) is 6. The number of likely N-dealkylation sites (tertiary alicyclic amines) is 1. The van der Waals surface area contributed by atoms with E-state index in [9.17, 15) is 14.4 Å². The summed E-state index contributed by atoms with van der Waals surface area (Å²) in [7, 11) is 0. The van der Waals surface area contributed by atoms with Crippen LogP contribution in [0.3, 0.4) is 0 Å². The minimum absolute atomic E-state index is 0.0616. The van der Waals surface area contributed by atoms with Crippen LogP contribution in [0.1, 0.15) is 35.3 Å². The molecule has 1 atom stereocenters. The van der Waals surface area contributed by atoms with Gasteiger partial charge in [0.25, 0.3) is 11.5 Å². The van der Waals surface area contributed by atoms with E-state index in [0.29, 0.717) is 24.7 Å². The van der Waals surface area contributed by atoms with Gasteiger partial charge in [-0.15, -0.1) is 0 Å². The van der Waals surface area contributed by atoms with E-state index in [4.69, 9.17) is 4.52 Å². The number of aromatic amines is 2. The van der Waals surface area contributed by atoms with Gasteiger partial charge in [-0.05, 0) is 12.8 Å². The third-order valence-electron chi connectivity index (χ3n) is 4.26. The quantitative estimate of drug-likeness (QED) is 0.726. The first-order valence-electron chi connectivity index (χ1n) is 8.15. The zero-order chi connectivity index (χ0) is 18.1. The van der Waals surface area contributed by atoms with E-state index in [2.05, 4.69) is 15.1 Å². The molecule has 9 heteroatoms. The van der Waals surface area contributed by atoms with Crippen LogP contribution >= 0.6 is 0 Å². The fraction of sp³-hybridized carbons (Fsp3) is 0.235. The number of nitrogens with one attached hydrogen (secondary N) is 2. The van der Waals surface area contributed by atoms with Gasteiger partial charge in [-0.1, -0.05) is 35.5 Å². The van der Waals surface area contributed by atoms with Crippen molar-refractivity contribution >= 4 is 5.91 Å². The van der Waals surface area contributed by atoms with Gasteiger partial charge in [0.2, 0.25) is 11.7 Å². The number of benzene rings is 1. The van der Waals surface area contributed by atoms with Gasteiger partial charge >= 0.3 is 5.69 Å². The van der Waals surface area contributed by atoms with Crippen LogP contribution in [-0.4, -0.2) is 37.5 Å². The zero-order valence-corrected chi connectivity index (χ0v) is 13.6. The van der Waals surface area contributed by atoms with E-state index in [0.717, 1.165) is 18.1 Å². The molecule has 4 rings (SSSR count). The Morgan fingerprint density at radius 1 is 1.19 bits per heavy atom. The molecule has 0 bridgehead atoms. The van der Waals surface area contributed by atoms with Crippen molar-refractivity contribution in [3.8, 4) is 11.4 Å². The largest absolute Gasteiger partial charge is 0.337 e. The predicted octanol–water partition coefficient (Wildman–Crippen LogP) is 1.09. The fourth-order valence-corrected chi connectivity index (χ4v) is 3.08. The van der Waals surface area contributed by atoms with Crippen LogP contribution < -0.4 is 11.2 Å². The second kappa shape index (κ2) is 6.43. The van der Waals surface area contributed by atoms with Crippen molar-refractivity contribution < 1.29 is 9.32 Å². The Morgan fingerprint density at radius 2 is 2.00 bits per heavy atom. The third-order valence-corrected chi connectivity index (χ3v) is 4.26. The van der Waals surface area contributed by atoms with Crippen LogP contribution in [0, 0.1) is 0 Å². The van der Waals surface area contributed by atoms with E-state index >= 15 is 0 Å². The number of nitrogens with zero attached hydrogens (tertiary/aromatic N) is 3. The van der Waals surface area contributed by atoms with E-state index in [-0.39, 0.29) is 5.69 Å². The van der Waals surface area contributed by atoms with Gasteiger partial charge < -0.3 is 14.4 Å². The number of aromatic nitrogens is 4. The second-order valence-electron chi connectivity index (χ2n) is 5.98. The molecule has 26 heavy (non-hydrogen) atoms. The summed E-state index contributed by atoms with van der Waals surface area (Å²) in [6, 6.07) is 10.1. The molecule has 2 N–H and O–H groups in total. The first-order valence-corrected chi connectivity index (χ1v) is 8.15. The Balaban J connectivity index is 1.63. The predicted molar refractivity (Wildman–Crippen MR) is 90.4 cm³/mol. The first-order chi connectivity index (χ1) is 12.6. The normalized spacial score (nSPS) is 16.8. The molecule has 1 amide bonds. The maximum atomic E-state index is 12.7. The summed E-state index contributed by atoms with van der Waals surface area (Å²) in [5.41, 5.74) is -0.594. The first kappa shape index (κ1) is 16.0. The second-order valence-corrected chi connectivity index (χ2v) is 5.98. The van der Waals surface area contributed by atoms with Crippen molar-refractivity contribution in [2.24, 2.45) is 0 Å². The van der Waals surface area contributed by atoms with Crippen LogP contribution in [0.5, 0.6) is 0 Å². The van der Waals surface area contributed by atoms with Crippen LogP contribution in [0.25, 0.3) is 11.4 Å². The van der Waals surface area contributed by atoms with Crippen LogP contribution in [0.4, 0.5) is 0 Å². The van der Waals surface area contributed by atoms with Crippen molar-refractivity contribution in [1.82, 2.24) is 25.0 Å². The van der Waals surface area contributed by atoms with E-state index in [1.54, 1.807) is 0 Å². The number of amides is 1. The van der Waals surface area contributed by atoms with Crippen LogP contribution in [0.15, 0.2) is 50.5 Å². The summed E-state index contributed by atoms with van der Waals surface area (Å²) in [6.07, 6.45) is 1.42. The van der Waals surface area contributed by atoms with Gasteiger partial charge in [0.05, 0.1) is 0 Å². The maximum Gasteiger partial charge on any atom is 0.326 e. The van der Waals surface area contributed by atoms with E-state index in [1.807, 2.05) is 35.3 Å². The molecule has 0 aliphatic carbocycles. The minimum Gasteiger partial charge on any atom is -0.337 e. The third kappa shape index (κ3) is 2.94. The van der Waals surface area contributed by atoms with Gasteiger partial charge in [-0.25, -0.2) is 4.79 Å². The van der Waals surface area contributed by atoms with E-state index in [1.165, 1.54) is 4.90 Å². The SMILES string of the molecule is O=C(c1cc(=O)[nH]c(=O)[nH]1)N1CCC[C@@H]1c1nc(-c2ccccc2)no1. The molecular weight excluding hydrogens is 338 g/mol. The molecule has 0 radical (unpaired) electrons. The zero-order valence-electron chi connectivity index (χ0n) is 13.6. The lowest BCUT2D eigenvalue weighted by Crippen LogP contribution is -2.34. The van der Waals surface area contributed by atoms with Gasteiger partial charge in [0, 0.05) is 18.2 Å². The Kier molecular flexibility index (Phi) is 3.96. The fourth-order valence-electron chi connectivity index (χ4n) is 3.08. The highest BCUT2D eigenvalue weighted by Gasteiger charge is 2.35. The summed E-state index contributed by atoms with van der Waals surface area (Å²) >= 11 is 0. The topological polar surface area (TPSA) is 125 Å². The van der Waals surface area contributed by atoms with Gasteiger partial charge in [0.1, 0.15) is 11.7 Å². The maximum absolute atomic E-state index is 12.7. The molecular formula is C17H15N5O4. The Hall–Kier alpha value is -3.49. The lowest BCUT2D eigenvalue weighted by atomic mass is 10.2. The van der Waals surface area contributed by atoms with Crippen molar-refractivity contribution in [3.05, 3.63) is 68.8 Å². The summed E-state index contributed by atoms with van der Waals surface area (Å²) < 4.78 is 5.37. The van der Waals surface area contributed by atoms with Crippen LogP contribution in [0.2, 0.25) is 0 Å². The Labute approximate surface area is 146 Å². The standard InChI is InChI=1S/C17H15N5O4/c23-13-9-11(18-17(25)19-13)16(24)22-8-4-7-12(22)15-20-14(21-26-15)10-5-2-1-3-6-10/h1-3,5-6,9,12H,4,7-8H2,(H2,18,19,23,25)/t12-/m1/s1. The monoisotopic (exact) mass is 353 g/mol. The molecule has 0 unspecified atom stereocenters. The molecule has 1 aliphatic rings. The molecule has 0 spiro atoms. The van der Waals surface area contributed by atoms with Crippen molar-refractivity contribution in [3.63, 3.8) is 0 Å². The summed E-state index contributed by atoms with van der Waals surface area (Å²) in [4.78, 5) is 45.9. The molecule has 2 aromatic heterocycles. The molecule has 1 aliphatic heterocycles. The van der Waals surface area contributed by atoms with Crippen LogP contribution in [-0.2, 0) is 0 Å². The van der Waals surface area contributed by atoms with Crippen molar-refractivity contribution in [2.45, 2.75) is 18.9 Å². The number of H-pyrrole nitrogens is 2. The van der Waals surface area contributed by atoms with Crippen molar-refractivity contribution in [2.75, 3.05) is 6.54 Å². The Morgan fingerprint density at radius 3 is 2.77 bits per heavy atom. The molecule has 1 saturated heterocycles. The van der Waals surface area contributed by atoms with Gasteiger partial charge in [-0.3, -0.25) is 14.6 Å². The lowest BCUT2D eigenvalue weighted by Gasteiger charge is -2.21. The molecule has 1 aromatic carbocycles. The van der Waals surface area contributed by atoms with Gasteiger partial charge in [0.15, 0.2) is 0 Å². The molecule has 132 valence electrons. The highest BCUT2D eigenvalue weighted by atomic mass is 16.5. The average molecular weight is 353 g/mol. The smallest absolute Gasteiger partial charge is 0.326 e. The molecule has 9 nitrogen and oxygen atoms in total. The summed E-state index contributed by atoms with van der Waals surface area (Å²) in [6.45, 7) is 0.474. The van der Waals surface area contributed by atoms with Gasteiger partial charge in [-0.2, -0.15) is 4.98 Å². The average Bonchev–Trinajstić information content (AvgIpc) is 3.30. The molecule has 1 fully saturated rings. The highest BCUT2D eigenvalue weighted by molar-refractivity contribution is 5.92. The number of carbonyl (C=O) groups is 1. The van der Waals surface area contributed by atoms with Crippen molar-refractivity contribution in [1.29, 1.82) is 0 Å². The number of hydrogen-bond donors (Lipinski definition) is 2. The Bertz CT molecular complexity index is 1020. The highest BCUT2D eigenvalue weighted by Crippen LogP contribution is 2.32. The summed E-state index contributed by atoms with van der Waals surface area (Å²) in [5, 5.41) is 3.99. The number of rotatable bonds is 3. The molecule has 3 aromatic rings. The summed E-state index contributed by atoms with van der Waals surface area (Å²) in [5.74, 6) is 0.335. The minimum atomic E-state index is -0.722. The molecule has 3 heterocycles. The lowest BCUT2D eigenvalue weighted by molar-refractivity contribution is 0.0703.